The lowest BCUT2D eigenvalue weighted by Gasteiger charge is -2.11. The van der Waals surface area contributed by atoms with Gasteiger partial charge in [0.2, 0.25) is 0 Å². The summed E-state index contributed by atoms with van der Waals surface area (Å²) < 4.78 is 12.8. The smallest absolute Gasteiger partial charge is 0.307 e. The first-order valence-corrected chi connectivity index (χ1v) is 7.62. The van der Waals surface area contributed by atoms with Crippen molar-refractivity contribution in [3.8, 4) is 0 Å². The van der Waals surface area contributed by atoms with E-state index in [1.54, 1.807) is 0 Å². The predicted molar refractivity (Wildman–Crippen MR) is 88.0 cm³/mol. The summed E-state index contributed by atoms with van der Waals surface area (Å²) in [6.07, 6.45) is 0.193. The van der Waals surface area contributed by atoms with Gasteiger partial charge in [0.05, 0.1) is 5.92 Å². The van der Waals surface area contributed by atoms with Crippen LogP contribution in [-0.4, -0.2) is 16.9 Å². The third kappa shape index (κ3) is 6.02. The van der Waals surface area contributed by atoms with Crippen LogP contribution in [0.15, 0.2) is 54.6 Å². The van der Waals surface area contributed by atoms with Crippen LogP contribution in [0, 0.1) is 11.7 Å². The molecule has 0 spiro atoms. The Hall–Kier alpha value is -2.49. The van der Waals surface area contributed by atoms with E-state index >= 15 is 0 Å². The molecule has 1 N–H and O–H groups in total. The molecule has 2 rings (SSSR count). The quantitative estimate of drug-likeness (QED) is 0.805. The highest BCUT2D eigenvalue weighted by Crippen LogP contribution is 2.16. The molecule has 0 aliphatic rings. The molecule has 4 heteroatoms. The second-order valence-electron chi connectivity index (χ2n) is 4.86. The van der Waals surface area contributed by atoms with Gasteiger partial charge in [-0.1, -0.05) is 44.2 Å². The third-order valence-electron chi connectivity index (χ3n) is 3.27. The number of aliphatic carboxylic acids is 1. The molecule has 0 aliphatic carbocycles. The van der Waals surface area contributed by atoms with Crippen LogP contribution in [0.5, 0.6) is 0 Å². The minimum Gasteiger partial charge on any atom is -0.481 e. The van der Waals surface area contributed by atoms with Gasteiger partial charge in [-0.15, -0.1) is 0 Å². The number of carbonyl (C=O) groups is 2. The average Bonchev–Trinajstić information content (AvgIpc) is 2.57. The number of Topliss-reactive ketones (excluding diaryl/α,β-unsaturated/α-hetero) is 1. The molecule has 1 atom stereocenters. The monoisotopic (exact) mass is 316 g/mol. The highest BCUT2D eigenvalue weighted by Gasteiger charge is 2.22. The molecule has 3 nitrogen and oxygen atoms in total. The molecule has 0 bridgehead atoms. The molecule has 0 aliphatic heterocycles. The summed E-state index contributed by atoms with van der Waals surface area (Å²) in [4.78, 5) is 23.4. The standard InChI is InChI=1S/C17H15FO3.C2H6/c18-15-8-6-13(7-9-15)16(19)11-14(17(20)21)10-12-4-2-1-3-5-12;1-2/h1-9,14H,10-11H2,(H,20,21);1-2H3. The number of hydrogen-bond acceptors (Lipinski definition) is 2. The normalized spacial score (nSPS) is 11.1. The van der Waals surface area contributed by atoms with E-state index in [2.05, 4.69) is 0 Å². The van der Waals surface area contributed by atoms with Gasteiger partial charge in [0.25, 0.3) is 0 Å². The van der Waals surface area contributed by atoms with Gasteiger partial charge in [-0.3, -0.25) is 9.59 Å². The molecular weight excluding hydrogens is 295 g/mol. The summed E-state index contributed by atoms with van der Waals surface area (Å²) in [6, 6.07) is 14.3. The fourth-order valence-corrected chi connectivity index (χ4v) is 2.12. The SMILES string of the molecule is CC.O=C(CC(Cc1ccccc1)C(=O)O)c1ccc(F)cc1. The summed E-state index contributed by atoms with van der Waals surface area (Å²) in [7, 11) is 0. The van der Waals surface area contributed by atoms with Gasteiger partial charge >= 0.3 is 5.97 Å². The second kappa shape index (κ2) is 9.51. The zero-order valence-corrected chi connectivity index (χ0v) is 13.3. The molecule has 2 aromatic carbocycles. The number of hydrogen-bond donors (Lipinski definition) is 1. The number of halogens is 1. The van der Waals surface area contributed by atoms with Crippen molar-refractivity contribution in [3.05, 3.63) is 71.5 Å². The number of ketones is 1. The van der Waals surface area contributed by atoms with Crippen molar-refractivity contribution in [2.24, 2.45) is 5.92 Å². The second-order valence-corrected chi connectivity index (χ2v) is 4.86. The Kier molecular flexibility index (Phi) is 7.67. The fraction of sp³-hybridized carbons (Fsp3) is 0.263. The van der Waals surface area contributed by atoms with Gasteiger partial charge in [-0.05, 0) is 36.2 Å². The van der Waals surface area contributed by atoms with Gasteiger partial charge < -0.3 is 5.11 Å². The molecule has 0 saturated carbocycles. The van der Waals surface area contributed by atoms with Gasteiger partial charge in [0.15, 0.2) is 5.78 Å². The van der Waals surface area contributed by atoms with E-state index < -0.39 is 17.7 Å². The molecule has 0 fully saturated rings. The molecule has 0 amide bonds. The minimum absolute atomic E-state index is 0.101. The lowest BCUT2D eigenvalue weighted by molar-refractivity contribution is -0.141. The Balaban J connectivity index is 0.00000127. The number of carboxylic acids is 1. The van der Waals surface area contributed by atoms with Crippen molar-refractivity contribution in [2.45, 2.75) is 26.7 Å². The summed E-state index contributed by atoms with van der Waals surface area (Å²) in [6.45, 7) is 4.00. The Bertz CT molecular complexity index is 621. The molecule has 0 saturated heterocycles. The van der Waals surface area contributed by atoms with E-state index in [0.29, 0.717) is 12.0 Å². The van der Waals surface area contributed by atoms with Crippen molar-refractivity contribution in [3.63, 3.8) is 0 Å². The van der Waals surface area contributed by atoms with Crippen molar-refractivity contribution < 1.29 is 19.1 Å². The summed E-state index contributed by atoms with van der Waals surface area (Å²) in [5.74, 6) is -2.51. The maximum absolute atomic E-state index is 12.8. The molecule has 2 aromatic rings. The van der Waals surface area contributed by atoms with Crippen molar-refractivity contribution in [1.29, 1.82) is 0 Å². The van der Waals surface area contributed by atoms with Gasteiger partial charge in [0, 0.05) is 12.0 Å². The van der Waals surface area contributed by atoms with Gasteiger partial charge in [-0.25, -0.2) is 4.39 Å². The molecule has 1 unspecified atom stereocenters. The first-order chi connectivity index (χ1) is 11.1. The van der Waals surface area contributed by atoms with Crippen molar-refractivity contribution in [2.75, 3.05) is 0 Å². The number of carbonyl (C=O) groups excluding carboxylic acids is 1. The summed E-state index contributed by atoms with van der Waals surface area (Å²) >= 11 is 0. The highest BCUT2D eigenvalue weighted by atomic mass is 19.1. The van der Waals surface area contributed by atoms with E-state index in [4.69, 9.17) is 0 Å². The fourth-order valence-electron chi connectivity index (χ4n) is 2.12. The van der Waals surface area contributed by atoms with Crippen molar-refractivity contribution in [1.82, 2.24) is 0 Å². The van der Waals surface area contributed by atoms with Crippen LogP contribution in [0.4, 0.5) is 4.39 Å². The number of carboxylic acid groups (broad SMARTS) is 1. The topological polar surface area (TPSA) is 54.4 Å². The van der Waals surface area contributed by atoms with Gasteiger partial charge in [-0.2, -0.15) is 0 Å². The van der Waals surface area contributed by atoms with Crippen LogP contribution in [0.25, 0.3) is 0 Å². The minimum atomic E-state index is -1.01. The molecule has 0 radical (unpaired) electrons. The van der Waals surface area contributed by atoms with E-state index in [-0.39, 0.29) is 12.2 Å². The predicted octanol–water partition coefficient (Wildman–Crippen LogP) is 4.37. The molecule has 0 heterocycles. The Morgan fingerprint density at radius 3 is 2.09 bits per heavy atom. The summed E-state index contributed by atoms with van der Waals surface area (Å²) in [5, 5.41) is 9.26. The maximum Gasteiger partial charge on any atom is 0.307 e. The van der Waals surface area contributed by atoms with Crippen LogP contribution in [0.3, 0.4) is 0 Å². The summed E-state index contributed by atoms with van der Waals surface area (Å²) in [5.41, 5.74) is 1.20. The molecule has 0 aromatic heterocycles. The Morgan fingerprint density at radius 2 is 1.57 bits per heavy atom. The van der Waals surface area contributed by atoms with Crippen LogP contribution in [0.1, 0.15) is 36.2 Å². The van der Waals surface area contributed by atoms with Crippen LogP contribution >= 0.6 is 0 Å². The van der Waals surface area contributed by atoms with Crippen LogP contribution in [0.2, 0.25) is 0 Å². The van der Waals surface area contributed by atoms with E-state index in [0.717, 1.165) is 5.56 Å². The zero-order valence-electron chi connectivity index (χ0n) is 13.3. The lowest BCUT2D eigenvalue weighted by Crippen LogP contribution is -2.20. The van der Waals surface area contributed by atoms with Gasteiger partial charge in [0.1, 0.15) is 5.82 Å². The van der Waals surface area contributed by atoms with Crippen LogP contribution < -0.4 is 0 Å². The highest BCUT2D eigenvalue weighted by molar-refractivity contribution is 5.97. The maximum atomic E-state index is 12.8. The van der Waals surface area contributed by atoms with Crippen molar-refractivity contribution >= 4 is 11.8 Å². The first kappa shape index (κ1) is 18.6. The lowest BCUT2D eigenvalue weighted by atomic mass is 9.92. The third-order valence-corrected chi connectivity index (χ3v) is 3.27. The Labute approximate surface area is 135 Å². The molecular formula is C19H21FO3. The number of rotatable bonds is 6. The van der Waals surface area contributed by atoms with Crippen LogP contribution in [-0.2, 0) is 11.2 Å². The van der Waals surface area contributed by atoms with E-state index in [1.807, 2.05) is 44.2 Å². The first-order valence-electron chi connectivity index (χ1n) is 7.62. The molecule has 23 heavy (non-hydrogen) atoms. The number of benzene rings is 2. The average molecular weight is 316 g/mol. The Morgan fingerprint density at radius 1 is 1.00 bits per heavy atom. The largest absolute Gasteiger partial charge is 0.481 e. The van der Waals surface area contributed by atoms with E-state index in [9.17, 15) is 19.1 Å². The molecule has 122 valence electrons. The zero-order chi connectivity index (χ0) is 17.2. The van der Waals surface area contributed by atoms with E-state index in [1.165, 1.54) is 24.3 Å².